The third-order valence-electron chi connectivity index (χ3n) is 4.01. The summed E-state index contributed by atoms with van der Waals surface area (Å²) in [5.74, 6) is 0.536. The quantitative estimate of drug-likeness (QED) is 0.741. The Kier molecular flexibility index (Phi) is 6.82. The molecule has 0 radical (unpaired) electrons. The maximum atomic E-state index is 12.0. The number of aryl methyl sites for hydroxylation is 2. The second-order valence-electron chi connectivity index (χ2n) is 5.93. The lowest BCUT2D eigenvalue weighted by molar-refractivity contribution is -0.120. The van der Waals surface area contributed by atoms with Crippen LogP contribution >= 0.6 is 0 Å². The average Bonchev–Trinajstić information content (AvgIpc) is 2.60. The maximum absolute atomic E-state index is 12.0. The van der Waals surface area contributed by atoms with Gasteiger partial charge in [-0.3, -0.25) is 4.79 Å². The van der Waals surface area contributed by atoms with Gasteiger partial charge >= 0.3 is 0 Å². The van der Waals surface area contributed by atoms with E-state index in [2.05, 4.69) is 0 Å². The van der Waals surface area contributed by atoms with E-state index in [1.807, 2.05) is 30.3 Å². The minimum Gasteiger partial charge on any atom is -0.504 e. The van der Waals surface area contributed by atoms with Gasteiger partial charge < -0.3 is 14.9 Å². The van der Waals surface area contributed by atoms with E-state index in [0.29, 0.717) is 25.0 Å². The molecule has 0 aliphatic heterocycles. The number of ketones is 1. The lowest BCUT2D eigenvalue weighted by Crippen LogP contribution is -2.14. The van der Waals surface area contributed by atoms with Crippen LogP contribution < -0.4 is 4.74 Å². The zero-order chi connectivity index (χ0) is 17.4. The summed E-state index contributed by atoms with van der Waals surface area (Å²) in [5, 5.41) is 19.6. The summed E-state index contributed by atoms with van der Waals surface area (Å²) in [5.41, 5.74) is 2.09. The average molecular weight is 328 g/mol. The van der Waals surface area contributed by atoms with Gasteiger partial charge in [-0.1, -0.05) is 36.4 Å². The van der Waals surface area contributed by atoms with Crippen molar-refractivity contribution >= 4 is 5.78 Å². The Hall–Kier alpha value is -2.33. The van der Waals surface area contributed by atoms with Gasteiger partial charge in [0.2, 0.25) is 0 Å². The number of hydrogen-bond acceptors (Lipinski definition) is 4. The number of phenolic OH excluding ortho intramolecular Hbond substituents is 1. The number of hydrogen-bond donors (Lipinski definition) is 2. The van der Waals surface area contributed by atoms with Gasteiger partial charge in [-0.2, -0.15) is 0 Å². The molecule has 0 aliphatic carbocycles. The summed E-state index contributed by atoms with van der Waals surface area (Å²) in [7, 11) is 1.49. The molecule has 0 saturated carbocycles. The summed E-state index contributed by atoms with van der Waals surface area (Å²) in [6.45, 7) is 0. The molecule has 1 atom stereocenters. The van der Waals surface area contributed by atoms with Crippen LogP contribution in [0.15, 0.2) is 48.5 Å². The largest absolute Gasteiger partial charge is 0.504 e. The third kappa shape index (κ3) is 5.70. The fraction of sp³-hybridized carbons (Fsp3) is 0.350. The highest BCUT2D eigenvalue weighted by atomic mass is 16.5. The van der Waals surface area contributed by atoms with Gasteiger partial charge in [0.15, 0.2) is 11.5 Å². The number of methoxy groups -OCH3 is 1. The molecule has 0 bridgehead atoms. The van der Waals surface area contributed by atoms with Crippen molar-refractivity contribution in [2.75, 3.05) is 7.11 Å². The third-order valence-corrected chi connectivity index (χ3v) is 4.01. The zero-order valence-electron chi connectivity index (χ0n) is 13.9. The van der Waals surface area contributed by atoms with E-state index >= 15 is 0 Å². The number of aliphatic hydroxyl groups excluding tert-OH is 1. The monoisotopic (exact) mass is 328 g/mol. The molecule has 0 heterocycles. The predicted octanol–water partition coefficient (Wildman–Crippen LogP) is 3.29. The van der Waals surface area contributed by atoms with E-state index in [4.69, 9.17) is 4.74 Å². The minimum atomic E-state index is -0.605. The van der Waals surface area contributed by atoms with Gasteiger partial charge in [0, 0.05) is 12.8 Å². The zero-order valence-corrected chi connectivity index (χ0v) is 13.9. The molecule has 0 fully saturated rings. The Morgan fingerprint density at radius 1 is 1.08 bits per heavy atom. The van der Waals surface area contributed by atoms with Crippen LogP contribution in [0.4, 0.5) is 0 Å². The number of phenols is 1. The first-order chi connectivity index (χ1) is 11.6. The summed E-state index contributed by atoms with van der Waals surface area (Å²) in [6.07, 6.45) is 1.87. The van der Waals surface area contributed by atoms with E-state index in [-0.39, 0.29) is 18.0 Å². The number of carbonyl (C=O) groups is 1. The van der Waals surface area contributed by atoms with E-state index in [1.165, 1.54) is 12.7 Å². The molecule has 0 amide bonds. The maximum Gasteiger partial charge on any atom is 0.160 e. The second kappa shape index (κ2) is 9.08. The van der Waals surface area contributed by atoms with Gasteiger partial charge in [0.25, 0.3) is 0 Å². The standard InChI is InChI=1S/C20H24O4/c1-24-20-13-16(9-12-19(20)23)8-11-18(22)14-17(21)10-7-15-5-3-2-4-6-15/h2-6,9,12-13,17,21,23H,7-8,10-11,14H2,1H3/t17-/m0/s1. The fourth-order valence-corrected chi connectivity index (χ4v) is 2.61. The molecule has 128 valence electrons. The Labute approximate surface area is 142 Å². The van der Waals surface area contributed by atoms with Crippen LogP contribution in [-0.2, 0) is 17.6 Å². The summed E-state index contributed by atoms with van der Waals surface area (Å²) >= 11 is 0. The van der Waals surface area contributed by atoms with Crippen LogP contribution in [0.5, 0.6) is 11.5 Å². The van der Waals surface area contributed by atoms with Crippen molar-refractivity contribution in [1.29, 1.82) is 0 Å². The molecular formula is C20H24O4. The Morgan fingerprint density at radius 3 is 2.54 bits per heavy atom. The van der Waals surface area contributed by atoms with Crippen LogP contribution in [0, 0.1) is 0 Å². The molecule has 4 nitrogen and oxygen atoms in total. The number of carbonyl (C=O) groups excluding carboxylic acids is 1. The van der Waals surface area contributed by atoms with Gasteiger partial charge in [-0.05, 0) is 42.5 Å². The molecule has 0 aromatic heterocycles. The molecule has 2 N–H and O–H groups in total. The number of Topliss-reactive ketones (excluding diaryl/α,β-unsaturated/α-hetero) is 1. The second-order valence-corrected chi connectivity index (χ2v) is 5.93. The SMILES string of the molecule is COc1cc(CCC(=O)C[C@@H](O)CCc2ccccc2)ccc1O. The Bertz CT molecular complexity index is 652. The smallest absolute Gasteiger partial charge is 0.160 e. The highest BCUT2D eigenvalue weighted by Gasteiger charge is 2.12. The molecule has 2 aromatic rings. The molecule has 4 heteroatoms. The number of rotatable bonds is 9. The Morgan fingerprint density at radius 2 is 1.83 bits per heavy atom. The van der Waals surface area contributed by atoms with E-state index in [1.54, 1.807) is 18.2 Å². The van der Waals surface area contributed by atoms with Crippen molar-refractivity contribution in [2.45, 2.75) is 38.2 Å². The van der Waals surface area contributed by atoms with Crippen LogP contribution in [0.3, 0.4) is 0 Å². The van der Waals surface area contributed by atoms with E-state index in [0.717, 1.165) is 12.0 Å². The van der Waals surface area contributed by atoms with Crippen LogP contribution in [0.1, 0.15) is 30.4 Å². The van der Waals surface area contributed by atoms with Crippen molar-refractivity contribution in [2.24, 2.45) is 0 Å². The molecule has 2 aromatic carbocycles. The van der Waals surface area contributed by atoms with Crippen molar-refractivity contribution in [3.8, 4) is 11.5 Å². The first-order valence-electron chi connectivity index (χ1n) is 8.18. The summed E-state index contributed by atoms with van der Waals surface area (Å²) in [6, 6.07) is 15.0. The van der Waals surface area contributed by atoms with Crippen molar-refractivity contribution in [3.05, 3.63) is 59.7 Å². The molecule has 0 unspecified atom stereocenters. The van der Waals surface area contributed by atoms with Gasteiger partial charge in [0.05, 0.1) is 13.2 Å². The number of benzene rings is 2. The first-order valence-corrected chi connectivity index (χ1v) is 8.18. The number of ether oxygens (including phenoxy) is 1. The van der Waals surface area contributed by atoms with Crippen molar-refractivity contribution < 1.29 is 19.7 Å². The number of aromatic hydroxyl groups is 1. The Balaban J connectivity index is 1.74. The normalized spacial score (nSPS) is 11.9. The lowest BCUT2D eigenvalue weighted by atomic mass is 10.00. The van der Waals surface area contributed by atoms with Gasteiger partial charge in [-0.15, -0.1) is 0 Å². The van der Waals surface area contributed by atoms with Gasteiger partial charge in [0.1, 0.15) is 5.78 Å². The topological polar surface area (TPSA) is 66.8 Å². The van der Waals surface area contributed by atoms with E-state index < -0.39 is 6.10 Å². The van der Waals surface area contributed by atoms with Crippen LogP contribution in [0.2, 0.25) is 0 Å². The number of aliphatic hydroxyl groups is 1. The molecule has 0 saturated heterocycles. The molecule has 0 spiro atoms. The van der Waals surface area contributed by atoms with Crippen LogP contribution in [0.25, 0.3) is 0 Å². The molecule has 24 heavy (non-hydrogen) atoms. The lowest BCUT2D eigenvalue weighted by Gasteiger charge is -2.10. The van der Waals surface area contributed by atoms with Crippen molar-refractivity contribution in [1.82, 2.24) is 0 Å². The van der Waals surface area contributed by atoms with Crippen molar-refractivity contribution in [3.63, 3.8) is 0 Å². The fourth-order valence-electron chi connectivity index (χ4n) is 2.61. The minimum absolute atomic E-state index is 0.0441. The van der Waals surface area contributed by atoms with E-state index in [9.17, 15) is 15.0 Å². The summed E-state index contributed by atoms with van der Waals surface area (Å²) < 4.78 is 5.06. The highest BCUT2D eigenvalue weighted by Crippen LogP contribution is 2.26. The molecular weight excluding hydrogens is 304 g/mol. The predicted molar refractivity (Wildman–Crippen MR) is 93.4 cm³/mol. The molecule has 0 aliphatic rings. The highest BCUT2D eigenvalue weighted by molar-refractivity contribution is 5.79. The molecule has 2 rings (SSSR count). The van der Waals surface area contributed by atoms with Crippen LogP contribution in [-0.4, -0.2) is 29.2 Å². The van der Waals surface area contributed by atoms with Gasteiger partial charge in [-0.25, -0.2) is 0 Å². The summed E-state index contributed by atoms with van der Waals surface area (Å²) in [4.78, 5) is 12.0. The first kappa shape index (κ1) is 18.0.